The summed E-state index contributed by atoms with van der Waals surface area (Å²) in [5.74, 6) is 1.95. The number of nitrogens with one attached hydrogen (secondary N) is 1. The van der Waals surface area contributed by atoms with Crippen molar-refractivity contribution in [3.05, 3.63) is 29.8 Å². The van der Waals surface area contributed by atoms with E-state index in [0.717, 1.165) is 12.5 Å². The van der Waals surface area contributed by atoms with Crippen molar-refractivity contribution in [1.82, 2.24) is 5.32 Å². The van der Waals surface area contributed by atoms with Gasteiger partial charge in [-0.15, -0.1) is 11.8 Å². The molecular formula is C18H25NOS. The molecule has 1 saturated heterocycles. The van der Waals surface area contributed by atoms with Crippen molar-refractivity contribution in [2.45, 2.75) is 56.2 Å². The highest BCUT2D eigenvalue weighted by atomic mass is 32.2. The third kappa shape index (κ3) is 2.25. The van der Waals surface area contributed by atoms with Gasteiger partial charge in [0.1, 0.15) is 0 Å². The minimum atomic E-state index is 0.268. The van der Waals surface area contributed by atoms with E-state index >= 15 is 0 Å². The van der Waals surface area contributed by atoms with Crippen molar-refractivity contribution in [1.29, 1.82) is 0 Å². The van der Waals surface area contributed by atoms with Gasteiger partial charge in [-0.3, -0.25) is 0 Å². The Morgan fingerprint density at radius 3 is 3.00 bits per heavy atom. The minimum absolute atomic E-state index is 0.268. The zero-order valence-corrected chi connectivity index (χ0v) is 13.8. The van der Waals surface area contributed by atoms with Crippen LogP contribution in [0.15, 0.2) is 29.2 Å². The average Bonchev–Trinajstić information content (AvgIpc) is 2.52. The van der Waals surface area contributed by atoms with Crippen LogP contribution in [0.2, 0.25) is 0 Å². The second kappa shape index (κ2) is 5.29. The molecule has 0 aromatic heterocycles. The van der Waals surface area contributed by atoms with E-state index in [0.29, 0.717) is 18.2 Å². The van der Waals surface area contributed by atoms with Crippen LogP contribution in [-0.2, 0) is 4.74 Å². The summed E-state index contributed by atoms with van der Waals surface area (Å²) in [6.07, 6.45) is 4.27. The van der Waals surface area contributed by atoms with E-state index in [1.165, 1.54) is 35.5 Å². The summed E-state index contributed by atoms with van der Waals surface area (Å²) in [5.41, 5.74) is 1.77. The van der Waals surface area contributed by atoms with Gasteiger partial charge in [0.25, 0.3) is 0 Å². The largest absolute Gasteiger partial charge is 0.377 e. The molecular weight excluding hydrogens is 278 g/mol. The third-order valence-electron chi connectivity index (χ3n) is 5.67. The number of ether oxygens (including phenoxy) is 1. The first-order valence-corrected chi connectivity index (χ1v) is 9.26. The predicted molar refractivity (Wildman–Crippen MR) is 87.7 cm³/mol. The van der Waals surface area contributed by atoms with E-state index in [2.05, 4.69) is 43.4 Å². The molecule has 0 bridgehead atoms. The van der Waals surface area contributed by atoms with Crippen LogP contribution in [0.3, 0.4) is 0 Å². The highest BCUT2D eigenvalue weighted by Crippen LogP contribution is 2.52. The summed E-state index contributed by atoms with van der Waals surface area (Å²) in [5, 5.41) is 4.01. The Balaban J connectivity index is 1.54. The minimum Gasteiger partial charge on any atom is -0.377 e. The molecule has 4 rings (SSSR count). The zero-order valence-electron chi connectivity index (χ0n) is 13.0. The summed E-state index contributed by atoms with van der Waals surface area (Å²) in [6, 6.07) is 10.0. The van der Waals surface area contributed by atoms with Crippen molar-refractivity contribution in [2.75, 3.05) is 12.4 Å². The Kier molecular flexibility index (Phi) is 3.55. The van der Waals surface area contributed by atoms with Gasteiger partial charge in [0.05, 0.1) is 6.10 Å². The lowest BCUT2D eigenvalue weighted by molar-refractivity contribution is -0.194. The first kappa shape index (κ1) is 14.1. The summed E-state index contributed by atoms with van der Waals surface area (Å²) in [6.45, 7) is 5.71. The maximum Gasteiger partial charge on any atom is 0.0684 e. The SMILES string of the molecule is CC1(C)C(NC2CCSc3ccccc32)C2CCCOC21. The summed E-state index contributed by atoms with van der Waals surface area (Å²) >= 11 is 2.00. The quantitative estimate of drug-likeness (QED) is 0.892. The maximum atomic E-state index is 6.04. The van der Waals surface area contributed by atoms with Gasteiger partial charge in [0, 0.05) is 34.9 Å². The summed E-state index contributed by atoms with van der Waals surface area (Å²) < 4.78 is 6.04. The van der Waals surface area contributed by atoms with Gasteiger partial charge >= 0.3 is 0 Å². The molecule has 2 fully saturated rings. The van der Waals surface area contributed by atoms with Gasteiger partial charge in [-0.2, -0.15) is 0 Å². The fourth-order valence-corrected chi connectivity index (χ4v) is 5.72. The van der Waals surface area contributed by atoms with Crippen LogP contribution in [0.1, 0.15) is 44.7 Å². The van der Waals surface area contributed by atoms with Gasteiger partial charge in [-0.05, 0) is 36.6 Å². The first-order valence-electron chi connectivity index (χ1n) is 8.27. The molecule has 3 heteroatoms. The van der Waals surface area contributed by atoms with E-state index in [1.807, 2.05) is 11.8 Å². The standard InChI is InChI=1S/C18H25NOS/c1-18(2)16(13-7-5-10-20-17(13)18)19-14-9-11-21-15-8-4-3-6-12(14)15/h3-4,6,8,13-14,16-17,19H,5,7,9-11H2,1-2H3. The molecule has 0 amide bonds. The monoisotopic (exact) mass is 303 g/mol. The molecule has 2 aliphatic heterocycles. The lowest BCUT2D eigenvalue weighted by atomic mass is 9.55. The molecule has 4 atom stereocenters. The van der Waals surface area contributed by atoms with Gasteiger partial charge in [-0.25, -0.2) is 0 Å². The van der Waals surface area contributed by atoms with E-state index in [-0.39, 0.29) is 5.41 Å². The van der Waals surface area contributed by atoms with Gasteiger partial charge in [-0.1, -0.05) is 32.0 Å². The highest BCUT2D eigenvalue weighted by Gasteiger charge is 2.58. The molecule has 1 aliphatic carbocycles. The fourth-order valence-electron chi connectivity index (χ4n) is 4.59. The number of rotatable bonds is 2. The van der Waals surface area contributed by atoms with Crippen LogP contribution in [0, 0.1) is 11.3 Å². The molecule has 0 radical (unpaired) electrons. The smallest absolute Gasteiger partial charge is 0.0684 e. The van der Waals surface area contributed by atoms with Crippen LogP contribution in [0.25, 0.3) is 0 Å². The molecule has 1 N–H and O–H groups in total. The average molecular weight is 303 g/mol. The molecule has 1 aromatic carbocycles. The molecule has 0 spiro atoms. The Morgan fingerprint density at radius 2 is 2.10 bits per heavy atom. The molecule has 2 nitrogen and oxygen atoms in total. The fraction of sp³-hybridized carbons (Fsp3) is 0.667. The number of hydrogen-bond donors (Lipinski definition) is 1. The predicted octanol–water partition coefficient (Wildman–Crippen LogP) is 4.02. The maximum absolute atomic E-state index is 6.04. The Morgan fingerprint density at radius 1 is 1.24 bits per heavy atom. The molecule has 21 heavy (non-hydrogen) atoms. The second-order valence-corrected chi connectivity index (χ2v) is 8.43. The van der Waals surface area contributed by atoms with Crippen LogP contribution >= 0.6 is 11.8 Å². The molecule has 1 saturated carbocycles. The van der Waals surface area contributed by atoms with Crippen LogP contribution in [-0.4, -0.2) is 24.5 Å². The van der Waals surface area contributed by atoms with Crippen molar-refractivity contribution in [3.8, 4) is 0 Å². The van der Waals surface area contributed by atoms with E-state index in [9.17, 15) is 0 Å². The van der Waals surface area contributed by atoms with Crippen LogP contribution < -0.4 is 5.32 Å². The third-order valence-corrected chi connectivity index (χ3v) is 6.79. The first-order chi connectivity index (χ1) is 10.2. The molecule has 3 aliphatic rings. The van der Waals surface area contributed by atoms with Crippen molar-refractivity contribution in [3.63, 3.8) is 0 Å². The molecule has 1 aromatic rings. The van der Waals surface area contributed by atoms with Crippen molar-refractivity contribution < 1.29 is 4.74 Å². The molecule has 114 valence electrons. The summed E-state index contributed by atoms with van der Waals surface area (Å²) in [7, 11) is 0. The highest BCUT2D eigenvalue weighted by molar-refractivity contribution is 7.99. The lowest BCUT2D eigenvalue weighted by Gasteiger charge is -2.61. The normalized spacial score (nSPS) is 37.2. The number of hydrogen-bond acceptors (Lipinski definition) is 3. The van der Waals surface area contributed by atoms with E-state index in [4.69, 9.17) is 4.74 Å². The van der Waals surface area contributed by atoms with Crippen molar-refractivity contribution in [2.24, 2.45) is 11.3 Å². The second-order valence-electron chi connectivity index (χ2n) is 7.29. The summed E-state index contributed by atoms with van der Waals surface area (Å²) in [4.78, 5) is 1.47. The molecule has 4 unspecified atom stereocenters. The van der Waals surface area contributed by atoms with Gasteiger partial charge < -0.3 is 10.1 Å². The van der Waals surface area contributed by atoms with Crippen LogP contribution in [0.5, 0.6) is 0 Å². The Labute approximate surface area is 132 Å². The zero-order chi connectivity index (χ0) is 14.4. The Hall–Kier alpha value is -0.510. The topological polar surface area (TPSA) is 21.3 Å². The van der Waals surface area contributed by atoms with Crippen LogP contribution in [0.4, 0.5) is 0 Å². The number of thioether (sulfide) groups is 1. The van der Waals surface area contributed by atoms with E-state index < -0.39 is 0 Å². The Bertz CT molecular complexity index is 530. The lowest BCUT2D eigenvalue weighted by Crippen LogP contribution is -2.69. The van der Waals surface area contributed by atoms with Gasteiger partial charge in [0.15, 0.2) is 0 Å². The van der Waals surface area contributed by atoms with E-state index in [1.54, 1.807) is 0 Å². The number of benzene rings is 1. The molecule has 2 heterocycles. The van der Waals surface area contributed by atoms with Crippen molar-refractivity contribution >= 4 is 11.8 Å². The van der Waals surface area contributed by atoms with Gasteiger partial charge in [0.2, 0.25) is 0 Å². The number of fused-ring (bicyclic) bond motifs is 2.